The molecule has 1 amide bonds. The number of aryl methyl sites for hydroxylation is 1. The summed E-state index contributed by atoms with van der Waals surface area (Å²) in [6.07, 6.45) is 0. The van der Waals surface area contributed by atoms with Crippen molar-refractivity contribution in [3.05, 3.63) is 70.0 Å². The average Bonchev–Trinajstić information content (AvgIpc) is 2.51. The van der Waals surface area contributed by atoms with Crippen LogP contribution in [0.25, 0.3) is 0 Å². The Morgan fingerprint density at radius 2 is 1.96 bits per heavy atom. The summed E-state index contributed by atoms with van der Waals surface area (Å²) in [7, 11) is 0. The molecule has 0 radical (unpaired) electrons. The Morgan fingerprint density at radius 1 is 1.26 bits per heavy atom. The number of thioether (sulfide) groups is 1. The average molecular weight is 352 g/mol. The number of benzene rings is 2. The number of hydrogen-bond donors (Lipinski definition) is 1. The molecule has 0 aliphatic rings. The minimum Gasteiger partial charge on any atom is -0.349 e. The summed E-state index contributed by atoms with van der Waals surface area (Å²) in [5.74, 6) is 0.229. The minimum atomic E-state index is -0.335. The molecule has 5 heteroatoms. The second-order valence-electron chi connectivity index (χ2n) is 5.39. The number of amides is 1. The van der Waals surface area contributed by atoms with Crippen LogP contribution in [0.15, 0.2) is 42.5 Å². The molecule has 0 saturated carbocycles. The van der Waals surface area contributed by atoms with E-state index in [1.165, 1.54) is 23.4 Å². The highest BCUT2D eigenvalue weighted by Crippen LogP contribution is 2.24. The number of halogens is 2. The van der Waals surface area contributed by atoms with Crippen molar-refractivity contribution >= 4 is 29.3 Å². The van der Waals surface area contributed by atoms with E-state index in [1.54, 1.807) is 12.1 Å². The molecule has 0 fully saturated rings. The number of rotatable bonds is 6. The van der Waals surface area contributed by atoms with Crippen molar-refractivity contribution in [3.8, 4) is 0 Å². The van der Waals surface area contributed by atoms with E-state index in [0.717, 1.165) is 5.56 Å². The molecule has 1 N–H and O–H groups in total. The Labute approximate surface area is 145 Å². The van der Waals surface area contributed by atoms with Gasteiger partial charge in [0.25, 0.3) is 0 Å². The Morgan fingerprint density at radius 3 is 2.61 bits per heavy atom. The van der Waals surface area contributed by atoms with Gasteiger partial charge < -0.3 is 5.32 Å². The molecule has 0 aliphatic heterocycles. The first kappa shape index (κ1) is 17.8. The summed E-state index contributed by atoms with van der Waals surface area (Å²) in [5, 5.41) is 3.34. The van der Waals surface area contributed by atoms with Crippen molar-refractivity contribution in [3.63, 3.8) is 0 Å². The summed E-state index contributed by atoms with van der Waals surface area (Å²) >= 11 is 7.31. The third-order valence-corrected chi connectivity index (χ3v) is 4.81. The molecule has 0 spiro atoms. The van der Waals surface area contributed by atoms with Crippen molar-refractivity contribution in [2.45, 2.75) is 25.6 Å². The first-order valence-corrected chi connectivity index (χ1v) is 8.87. The van der Waals surface area contributed by atoms with E-state index in [4.69, 9.17) is 11.6 Å². The van der Waals surface area contributed by atoms with E-state index in [0.29, 0.717) is 16.3 Å². The molecule has 1 unspecified atom stereocenters. The molecule has 0 aliphatic carbocycles. The topological polar surface area (TPSA) is 29.1 Å². The second-order valence-corrected chi connectivity index (χ2v) is 6.79. The van der Waals surface area contributed by atoms with Crippen LogP contribution >= 0.6 is 23.4 Å². The Kier molecular flexibility index (Phi) is 6.48. The predicted molar refractivity (Wildman–Crippen MR) is 95.3 cm³/mol. The number of carbonyl (C=O) groups is 1. The van der Waals surface area contributed by atoms with Gasteiger partial charge in [0.05, 0.1) is 11.8 Å². The van der Waals surface area contributed by atoms with E-state index in [9.17, 15) is 9.18 Å². The third kappa shape index (κ3) is 5.26. The maximum Gasteiger partial charge on any atom is 0.230 e. The molecule has 23 heavy (non-hydrogen) atoms. The lowest BCUT2D eigenvalue weighted by Crippen LogP contribution is -2.28. The van der Waals surface area contributed by atoms with Gasteiger partial charge in [-0.1, -0.05) is 47.5 Å². The third-order valence-electron chi connectivity index (χ3n) is 3.50. The highest BCUT2D eigenvalue weighted by Gasteiger charge is 2.11. The molecule has 0 bridgehead atoms. The molecular formula is C18H19ClFNOS. The predicted octanol–water partition coefficient (Wildman–Crippen LogP) is 4.90. The first-order valence-electron chi connectivity index (χ1n) is 7.34. The van der Waals surface area contributed by atoms with Gasteiger partial charge in [0, 0.05) is 16.3 Å². The van der Waals surface area contributed by atoms with Crippen molar-refractivity contribution in [2.24, 2.45) is 0 Å². The SMILES string of the molecule is Cc1ccc(C(C)NC(=O)CSCc2c(F)cccc2Cl)cc1. The van der Waals surface area contributed by atoms with Crippen LogP contribution in [-0.2, 0) is 10.5 Å². The van der Waals surface area contributed by atoms with Gasteiger partial charge in [-0.15, -0.1) is 11.8 Å². The van der Waals surface area contributed by atoms with E-state index in [2.05, 4.69) is 5.32 Å². The highest BCUT2D eigenvalue weighted by molar-refractivity contribution is 7.99. The molecular weight excluding hydrogens is 333 g/mol. The van der Waals surface area contributed by atoms with Crippen molar-refractivity contribution in [1.82, 2.24) is 5.32 Å². The minimum absolute atomic E-state index is 0.0549. The molecule has 2 nitrogen and oxygen atoms in total. The largest absolute Gasteiger partial charge is 0.349 e. The number of nitrogens with one attached hydrogen (secondary N) is 1. The van der Waals surface area contributed by atoms with Crippen LogP contribution in [0.5, 0.6) is 0 Å². The van der Waals surface area contributed by atoms with Gasteiger partial charge in [0.2, 0.25) is 5.91 Å². The van der Waals surface area contributed by atoms with E-state index >= 15 is 0 Å². The summed E-state index contributed by atoms with van der Waals surface area (Å²) in [6.45, 7) is 3.97. The molecule has 0 heterocycles. The van der Waals surface area contributed by atoms with Crippen LogP contribution in [0, 0.1) is 12.7 Å². The van der Waals surface area contributed by atoms with Crippen LogP contribution in [-0.4, -0.2) is 11.7 Å². The summed E-state index contributed by atoms with van der Waals surface area (Å²) in [5.41, 5.74) is 2.69. The highest BCUT2D eigenvalue weighted by atomic mass is 35.5. The normalized spacial score (nSPS) is 12.0. The molecule has 122 valence electrons. The first-order chi connectivity index (χ1) is 11.0. The monoisotopic (exact) mass is 351 g/mol. The van der Waals surface area contributed by atoms with E-state index < -0.39 is 0 Å². The van der Waals surface area contributed by atoms with Crippen LogP contribution in [0.4, 0.5) is 4.39 Å². The zero-order chi connectivity index (χ0) is 16.8. The quantitative estimate of drug-likeness (QED) is 0.802. The zero-order valence-electron chi connectivity index (χ0n) is 13.1. The Hall–Kier alpha value is -1.52. The standard InChI is InChI=1S/C18H19ClFNOS/c1-12-6-8-14(9-7-12)13(2)21-18(22)11-23-10-15-16(19)4-3-5-17(15)20/h3-9,13H,10-11H2,1-2H3,(H,21,22). The zero-order valence-corrected chi connectivity index (χ0v) is 14.7. The smallest absolute Gasteiger partial charge is 0.230 e. The van der Waals surface area contributed by atoms with Crippen LogP contribution in [0.3, 0.4) is 0 Å². The fourth-order valence-corrected chi connectivity index (χ4v) is 3.31. The van der Waals surface area contributed by atoms with Gasteiger partial charge in [0.1, 0.15) is 5.82 Å². The molecule has 2 rings (SSSR count). The fraction of sp³-hybridized carbons (Fsp3) is 0.278. The number of carbonyl (C=O) groups excluding carboxylic acids is 1. The van der Waals surface area contributed by atoms with Crippen LogP contribution in [0.1, 0.15) is 29.7 Å². The van der Waals surface area contributed by atoms with Gasteiger partial charge in [-0.25, -0.2) is 4.39 Å². The fourth-order valence-electron chi connectivity index (χ4n) is 2.14. The maximum atomic E-state index is 13.6. The molecule has 2 aromatic rings. The lowest BCUT2D eigenvalue weighted by atomic mass is 10.1. The van der Waals surface area contributed by atoms with Crippen LogP contribution < -0.4 is 5.32 Å². The summed E-state index contributed by atoms with van der Waals surface area (Å²) in [6, 6.07) is 12.6. The Balaban J connectivity index is 1.82. The van der Waals surface area contributed by atoms with Gasteiger partial charge in [-0.05, 0) is 31.5 Å². The molecule has 0 aromatic heterocycles. The second kappa shape index (κ2) is 8.37. The molecule has 2 aromatic carbocycles. The van der Waals surface area contributed by atoms with Crippen molar-refractivity contribution in [1.29, 1.82) is 0 Å². The van der Waals surface area contributed by atoms with E-state index in [-0.39, 0.29) is 23.5 Å². The lowest BCUT2D eigenvalue weighted by Gasteiger charge is -2.14. The van der Waals surface area contributed by atoms with Crippen molar-refractivity contribution < 1.29 is 9.18 Å². The van der Waals surface area contributed by atoms with Gasteiger partial charge >= 0.3 is 0 Å². The van der Waals surface area contributed by atoms with Crippen molar-refractivity contribution in [2.75, 3.05) is 5.75 Å². The Bertz CT molecular complexity index is 655. The number of hydrogen-bond acceptors (Lipinski definition) is 2. The maximum absolute atomic E-state index is 13.6. The molecule has 0 saturated heterocycles. The summed E-state index contributed by atoms with van der Waals surface area (Å²) in [4.78, 5) is 12.0. The van der Waals surface area contributed by atoms with Gasteiger partial charge in [0.15, 0.2) is 0 Å². The van der Waals surface area contributed by atoms with E-state index in [1.807, 2.05) is 38.1 Å². The molecule has 1 atom stereocenters. The summed E-state index contributed by atoms with van der Waals surface area (Å²) < 4.78 is 13.6. The van der Waals surface area contributed by atoms with Gasteiger partial charge in [-0.2, -0.15) is 0 Å². The van der Waals surface area contributed by atoms with Gasteiger partial charge in [-0.3, -0.25) is 4.79 Å². The van der Waals surface area contributed by atoms with Crippen LogP contribution in [0.2, 0.25) is 5.02 Å². The lowest BCUT2D eigenvalue weighted by molar-refractivity contribution is -0.119.